The van der Waals surface area contributed by atoms with E-state index in [1.807, 2.05) is 12.1 Å². The third-order valence-electron chi connectivity index (χ3n) is 3.64. The number of carbonyl (C=O) groups excluding carboxylic acids is 1. The number of aliphatic hydroxyl groups excluding tert-OH is 1. The average molecular weight is 363 g/mol. The molecule has 0 radical (unpaired) electrons. The highest BCUT2D eigenvalue weighted by Gasteiger charge is 2.14. The van der Waals surface area contributed by atoms with Crippen molar-refractivity contribution in [1.82, 2.24) is 9.97 Å². The molecule has 0 amide bonds. The number of hydrogen-bond acceptors (Lipinski definition) is 5. The number of imidazole rings is 1. The van der Waals surface area contributed by atoms with Gasteiger partial charge < -0.3 is 14.8 Å². The normalized spacial score (nSPS) is 12.0. The summed E-state index contributed by atoms with van der Waals surface area (Å²) in [6, 6.07) is 14.7. The van der Waals surface area contributed by atoms with Gasteiger partial charge in [-0.15, -0.1) is 0 Å². The zero-order chi connectivity index (χ0) is 19.2. The van der Waals surface area contributed by atoms with Crippen molar-refractivity contribution in [3.63, 3.8) is 0 Å². The van der Waals surface area contributed by atoms with Crippen LogP contribution in [0.4, 0.5) is 4.39 Å². The van der Waals surface area contributed by atoms with E-state index in [9.17, 15) is 19.6 Å². The van der Waals surface area contributed by atoms with Crippen molar-refractivity contribution in [3.8, 4) is 6.07 Å². The lowest BCUT2D eigenvalue weighted by Crippen LogP contribution is -2.06. The molecule has 6 nitrogen and oxygen atoms in total. The van der Waals surface area contributed by atoms with Crippen LogP contribution >= 0.6 is 0 Å². The van der Waals surface area contributed by atoms with Crippen LogP contribution in [0.15, 0.2) is 60.4 Å². The van der Waals surface area contributed by atoms with Crippen molar-refractivity contribution in [2.45, 2.75) is 0 Å². The van der Waals surface area contributed by atoms with Gasteiger partial charge in [0.05, 0.1) is 11.0 Å². The summed E-state index contributed by atoms with van der Waals surface area (Å²) in [6.07, 6.45) is 2.49. The minimum atomic E-state index is -0.743. The topological polar surface area (TPSA) is 99.0 Å². The Bertz CT molecular complexity index is 1060. The van der Waals surface area contributed by atoms with E-state index in [2.05, 4.69) is 9.97 Å². The summed E-state index contributed by atoms with van der Waals surface area (Å²) < 4.78 is 18.0. The predicted octanol–water partition coefficient (Wildman–Crippen LogP) is 3.75. The number of rotatable bonds is 5. The molecule has 134 valence electrons. The first-order valence-electron chi connectivity index (χ1n) is 7.94. The molecule has 1 aromatic heterocycles. The first-order valence-corrected chi connectivity index (χ1v) is 7.94. The van der Waals surface area contributed by atoms with Crippen LogP contribution in [0.25, 0.3) is 22.7 Å². The number of benzene rings is 2. The number of halogens is 1. The fourth-order valence-corrected chi connectivity index (χ4v) is 2.36. The number of aromatic nitrogens is 2. The Kier molecular flexibility index (Phi) is 5.28. The largest absolute Gasteiger partial charge is 0.507 e. The number of para-hydroxylation sites is 2. The summed E-state index contributed by atoms with van der Waals surface area (Å²) in [7, 11) is 0. The van der Waals surface area contributed by atoms with Gasteiger partial charge in [0.25, 0.3) is 0 Å². The maximum absolute atomic E-state index is 13.1. The molecule has 0 atom stereocenters. The fourth-order valence-electron chi connectivity index (χ4n) is 2.36. The molecule has 2 N–H and O–H groups in total. The van der Waals surface area contributed by atoms with E-state index in [0.717, 1.165) is 6.08 Å². The molecule has 0 aliphatic carbocycles. The number of ether oxygens (including phenoxy) is 1. The zero-order valence-electron chi connectivity index (χ0n) is 14.0. The second-order valence-corrected chi connectivity index (χ2v) is 5.53. The Morgan fingerprint density at radius 3 is 2.85 bits per heavy atom. The molecule has 0 spiro atoms. The fraction of sp³-hybridized carbons (Fsp3) is 0.0500. The molecule has 0 aliphatic heterocycles. The van der Waals surface area contributed by atoms with Crippen LogP contribution in [-0.2, 0) is 9.53 Å². The number of nitriles is 1. The smallest absolute Gasteiger partial charge is 0.331 e. The summed E-state index contributed by atoms with van der Waals surface area (Å²) in [5, 5.41) is 19.4. The molecular weight excluding hydrogens is 349 g/mol. The van der Waals surface area contributed by atoms with Crippen LogP contribution in [0.5, 0.6) is 0 Å². The number of hydrogen-bond donors (Lipinski definition) is 2. The van der Waals surface area contributed by atoms with Crippen LogP contribution < -0.4 is 0 Å². The summed E-state index contributed by atoms with van der Waals surface area (Å²) in [6.45, 7) is -0.494. The van der Waals surface area contributed by atoms with Crippen molar-refractivity contribution in [2.75, 3.05) is 6.61 Å². The highest BCUT2D eigenvalue weighted by Crippen LogP contribution is 2.18. The van der Waals surface area contributed by atoms with Gasteiger partial charge in [-0.3, -0.25) is 0 Å². The van der Waals surface area contributed by atoms with Crippen LogP contribution in [0.2, 0.25) is 0 Å². The lowest BCUT2D eigenvalue weighted by molar-refractivity contribution is -0.137. The molecule has 2 aromatic carbocycles. The first-order chi connectivity index (χ1) is 13.1. The predicted molar refractivity (Wildman–Crippen MR) is 97.6 cm³/mol. The van der Waals surface area contributed by atoms with Crippen molar-refractivity contribution < 1.29 is 19.0 Å². The molecule has 0 aliphatic rings. The van der Waals surface area contributed by atoms with Crippen LogP contribution in [0.3, 0.4) is 0 Å². The highest BCUT2D eigenvalue weighted by atomic mass is 19.1. The lowest BCUT2D eigenvalue weighted by atomic mass is 10.2. The van der Waals surface area contributed by atoms with E-state index in [1.165, 1.54) is 24.3 Å². The number of aliphatic hydroxyl groups is 1. The Labute approximate surface area is 153 Å². The molecule has 3 aromatic rings. The molecule has 0 saturated carbocycles. The molecule has 7 heteroatoms. The SMILES string of the molecule is N#C/C(=C(/O)COC(=O)C=Cc1cccc(F)c1)c1nc2ccccc2[nH]1. The average Bonchev–Trinajstić information content (AvgIpc) is 3.09. The second kappa shape index (κ2) is 7.97. The third kappa shape index (κ3) is 4.38. The van der Waals surface area contributed by atoms with Gasteiger partial charge in [-0.2, -0.15) is 5.26 Å². The van der Waals surface area contributed by atoms with E-state index in [0.29, 0.717) is 16.6 Å². The number of carbonyl (C=O) groups is 1. The van der Waals surface area contributed by atoms with Crippen molar-refractivity contribution in [2.24, 2.45) is 0 Å². The molecule has 0 unspecified atom stereocenters. The minimum absolute atomic E-state index is 0.117. The zero-order valence-corrected chi connectivity index (χ0v) is 14.0. The van der Waals surface area contributed by atoms with Crippen LogP contribution in [-0.4, -0.2) is 27.7 Å². The quantitative estimate of drug-likeness (QED) is 0.311. The Morgan fingerprint density at radius 2 is 2.11 bits per heavy atom. The van der Waals surface area contributed by atoms with Gasteiger partial charge in [0.2, 0.25) is 0 Å². The number of esters is 1. The summed E-state index contributed by atoms with van der Waals surface area (Å²) in [5.41, 5.74) is 1.73. The Balaban J connectivity index is 1.69. The Hall–Kier alpha value is -3.92. The van der Waals surface area contributed by atoms with Gasteiger partial charge in [0.1, 0.15) is 24.1 Å². The van der Waals surface area contributed by atoms with E-state index in [4.69, 9.17) is 4.74 Å². The van der Waals surface area contributed by atoms with E-state index in [1.54, 1.807) is 24.3 Å². The summed E-state index contributed by atoms with van der Waals surface area (Å²) >= 11 is 0. The van der Waals surface area contributed by atoms with Crippen molar-refractivity contribution in [3.05, 3.63) is 77.6 Å². The number of aromatic amines is 1. The van der Waals surface area contributed by atoms with Crippen molar-refractivity contribution in [1.29, 1.82) is 5.26 Å². The summed E-state index contributed by atoms with van der Waals surface area (Å²) in [4.78, 5) is 18.9. The van der Waals surface area contributed by atoms with Crippen LogP contribution in [0, 0.1) is 17.1 Å². The molecule has 3 rings (SSSR count). The maximum atomic E-state index is 13.1. The second-order valence-electron chi connectivity index (χ2n) is 5.53. The van der Waals surface area contributed by atoms with Crippen molar-refractivity contribution >= 4 is 28.7 Å². The maximum Gasteiger partial charge on any atom is 0.331 e. The molecule has 0 saturated heterocycles. The van der Waals surface area contributed by atoms with E-state index < -0.39 is 24.2 Å². The number of nitrogens with one attached hydrogen (secondary N) is 1. The molecule has 0 fully saturated rings. The standard InChI is InChI=1S/C20H14FN3O3/c21-14-5-3-4-13(10-14)8-9-19(26)27-12-18(25)15(11-22)20-23-16-6-1-2-7-17(16)24-20/h1-10,25H,12H2,(H,23,24)/b9-8?,18-15-. The Morgan fingerprint density at radius 1 is 1.30 bits per heavy atom. The van der Waals surface area contributed by atoms with Gasteiger partial charge in [-0.1, -0.05) is 24.3 Å². The minimum Gasteiger partial charge on any atom is -0.507 e. The molecule has 27 heavy (non-hydrogen) atoms. The van der Waals surface area contributed by atoms with Gasteiger partial charge in [0.15, 0.2) is 11.6 Å². The number of H-pyrrole nitrogens is 1. The van der Waals surface area contributed by atoms with Gasteiger partial charge in [-0.05, 0) is 35.9 Å². The van der Waals surface area contributed by atoms with Gasteiger partial charge in [-0.25, -0.2) is 14.2 Å². The molecular formula is C20H14FN3O3. The van der Waals surface area contributed by atoms with Crippen LogP contribution in [0.1, 0.15) is 11.4 Å². The third-order valence-corrected chi connectivity index (χ3v) is 3.64. The highest BCUT2D eigenvalue weighted by molar-refractivity contribution is 5.87. The lowest BCUT2D eigenvalue weighted by Gasteiger charge is -2.03. The number of nitrogens with zero attached hydrogens (tertiary/aromatic N) is 2. The monoisotopic (exact) mass is 363 g/mol. The van der Waals surface area contributed by atoms with Gasteiger partial charge >= 0.3 is 5.97 Å². The summed E-state index contributed by atoms with van der Waals surface area (Å²) in [5.74, 6) is -1.41. The van der Waals surface area contributed by atoms with Gasteiger partial charge in [0, 0.05) is 6.08 Å². The van der Waals surface area contributed by atoms with E-state index >= 15 is 0 Å². The van der Waals surface area contributed by atoms with E-state index in [-0.39, 0.29) is 11.4 Å². The molecule has 1 heterocycles. The molecule has 0 bridgehead atoms. The first kappa shape index (κ1) is 17.9. The number of fused-ring (bicyclic) bond motifs is 1. The number of allylic oxidation sites excluding steroid dienone is 1.